The van der Waals surface area contributed by atoms with Crippen LogP contribution in [0.2, 0.25) is 5.02 Å². The molecule has 1 aliphatic rings. The van der Waals surface area contributed by atoms with Gasteiger partial charge in [-0.15, -0.1) is 0 Å². The van der Waals surface area contributed by atoms with Gasteiger partial charge in [-0.2, -0.15) is 0 Å². The van der Waals surface area contributed by atoms with E-state index in [9.17, 15) is 9.18 Å². The average molecular weight is 271 g/mol. The van der Waals surface area contributed by atoms with Crippen molar-refractivity contribution in [2.45, 2.75) is 18.9 Å². The Morgan fingerprint density at radius 1 is 1.61 bits per heavy atom. The molecule has 2 N–H and O–H groups in total. The summed E-state index contributed by atoms with van der Waals surface area (Å²) in [4.78, 5) is 13.9. The number of rotatable bonds is 4. The second-order valence-corrected chi connectivity index (χ2v) is 5.09. The van der Waals surface area contributed by atoms with Crippen molar-refractivity contribution < 1.29 is 9.18 Å². The minimum absolute atomic E-state index is 0.0371. The fraction of sp³-hybridized carbons (Fsp3) is 0.462. The fourth-order valence-corrected chi connectivity index (χ4v) is 2.31. The molecule has 2 rings (SSSR count). The van der Waals surface area contributed by atoms with E-state index < -0.39 is 5.82 Å². The third-order valence-electron chi connectivity index (χ3n) is 3.39. The summed E-state index contributed by atoms with van der Waals surface area (Å²) in [6.07, 6.45) is 2.23. The lowest BCUT2D eigenvalue weighted by atomic mass is 10.1. The molecule has 0 saturated heterocycles. The lowest BCUT2D eigenvalue weighted by Crippen LogP contribution is -2.43. The molecule has 0 aromatic heterocycles. The van der Waals surface area contributed by atoms with Crippen molar-refractivity contribution >= 4 is 17.5 Å². The van der Waals surface area contributed by atoms with Crippen LogP contribution in [-0.4, -0.2) is 30.4 Å². The summed E-state index contributed by atoms with van der Waals surface area (Å²) in [5, 5.41) is -0.0371. The molecule has 1 atom stereocenters. The molecule has 1 fully saturated rings. The van der Waals surface area contributed by atoms with Crippen molar-refractivity contribution in [3.05, 3.63) is 34.6 Å². The Morgan fingerprint density at radius 2 is 2.28 bits per heavy atom. The van der Waals surface area contributed by atoms with Crippen molar-refractivity contribution in [1.82, 2.24) is 4.90 Å². The number of nitrogens with zero attached hydrogens (tertiary/aromatic N) is 1. The molecule has 0 bridgehead atoms. The normalized spacial score (nSPS) is 16.4. The number of hydrogen-bond acceptors (Lipinski definition) is 2. The predicted octanol–water partition coefficient (Wildman–Crippen LogP) is 2.29. The SMILES string of the molecule is CN(C(=O)c1ccc(F)c(Cl)c1)C(CN)C1CC1. The summed E-state index contributed by atoms with van der Waals surface area (Å²) < 4.78 is 13.0. The van der Waals surface area contributed by atoms with Gasteiger partial charge < -0.3 is 10.6 Å². The number of likely N-dealkylation sites (N-methyl/N-ethyl adjacent to an activating group) is 1. The van der Waals surface area contributed by atoms with E-state index in [4.69, 9.17) is 17.3 Å². The minimum Gasteiger partial charge on any atom is -0.337 e. The van der Waals surface area contributed by atoms with E-state index in [0.29, 0.717) is 18.0 Å². The number of nitrogens with two attached hydrogens (primary N) is 1. The maximum absolute atomic E-state index is 13.0. The smallest absolute Gasteiger partial charge is 0.253 e. The molecule has 0 heterocycles. The molecule has 98 valence electrons. The van der Waals surface area contributed by atoms with Crippen LogP contribution >= 0.6 is 11.6 Å². The first-order valence-corrected chi connectivity index (χ1v) is 6.34. The maximum Gasteiger partial charge on any atom is 0.253 e. The Balaban J connectivity index is 2.16. The van der Waals surface area contributed by atoms with Gasteiger partial charge in [-0.3, -0.25) is 4.79 Å². The Kier molecular flexibility index (Phi) is 3.88. The van der Waals surface area contributed by atoms with Crippen LogP contribution in [0.1, 0.15) is 23.2 Å². The molecule has 1 aliphatic carbocycles. The number of benzene rings is 1. The van der Waals surface area contributed by atoms with Gasteiger partial charge in [-0.1, -0.05) is 11.6 Å². The van der Waals surface area contributed by atoms with Gasteiger partial charge in [0.1, 0.15) is 5.82 Å². The van der Waals surface area contributed by atoms with Crippen LogP contribution < -0.4 is 5.73 Å². The second-order valence-electron chi connectivity index (χ2n) is 4.69. The number of amides is 1. The van der Waals surface area contributed by atoms with Crippen molar-refractivity contribution in [3.63, 3.8) is 0 Å². The summed E-state index contributed by atoms with van der Waals surface area (Å²) in [7, 11) is 1.73. The highest BCUT2D eigenvalue weighted by Gasteiger charge is 2.35. The number of hydrogen-bond donors (Lipinski definition) is 1. The zero-order valence-electron chi connectivity index (χ0n) is 10.2. The van der Waals surface area contributed by atoms with E-state index >= 15 is 0 Å². The Hall–Kier alpha value is -1.13. The highest BCUT2D eigenvalue weighted by atomic mass is 35.5. The zero-order valence-corrected chi connectivity index (χ0v) is 11.0. The standard InChI is InChI=1S/C13H16ClFN2O/c1-17(12(7-16)8-2-3-8)13(18)9-4-5-11(15)10(14)6-9/h4-6,8,12H,2-3,7,16H2,1H3. The molecule has 1 aromatic carbocycles. The average Bonchev–Trinajstić information content (AvgIpc) is 3.17. The quantitative estimate of drug-likeness (QED) is 0.912. The first kappa shape index (κ1) is 13.3. The van der Waals surface area contributed by atoms with Crippen LogP contribution in [0, 0.1) is 11.7 Å². The van der Waals surface area contributed by atoms with Crippen LogP contribution in [0.15, 0.2) is 18.2 Å². The van der Waals surface area contributed by atoms with Crippen LogP contribution in [0.5, 0.6) is 0 Å². The summed E-state index contributed by atoms with van der Waals surface area (Å²) in [5.41, 5.74) is 6.10. The molecule has 18 heavy (non-hydrogen) atoms. The third kappa shape index (κ3) is 2.65. The van der Waals surface area contributed by atoms with Gasteiger partial charge in [0.2, 0.25) is 0 Å². The van der Waals surface area contributed by atoms with Crippen molar-refractivity contribution in [2.24, 2.45) is 11.7 Å². The molecule has 1 saturated carbocycles. The number of carbonyl (C=O) groups is 1. The molecule has 1 aromatic rings. The highest BCUT2D eigenvalue weighted by Crippen LogP contribution is 2.35. The Morgan fingerprint density at radius 3 is 2.78 bits per heavy atom. The number of carbonyl (C=O) groups excluding carboxylic acids is 1. The molecular weight excluding hydrogens is 255 g/mol. The Labute approximate surface area is 111 Å². The van der Waals surface area contributed by atoms with E-state index in [1.165, 1.54) is 18.2 Å². The van der Waals surface area contributed by atoms with Gasteiger partial charge in [-0.05, 0) is 37.0 Å². The van der Waals surface area contributed by atoms with Crippen LogP contribution in [0.3, 0.4) is 0 Å². The molecular formula is C13H16ClFN2O. The lowest BCUT2D eigenvalue weighted by molar-refractivity contribution is 0.0718. The molecule has 0 aliphatic heterocycles. The first-order valence-electron chi connectivity index (χ1n) is 5.97. The molecule has 3 nitrogen and oxygen atoms in total. The maximum atomic E-state index is 13.0. The van der Waals surface area contributed by atoms with Crippen LogP contribution in [0.4, 0.5) is 4.39 Å². The first-order chi connectivity index (χ1) is 8.54. The molecule has 5 heteroatoms. The van der Waals surface area contributed by atoms with Crippen molar-refractivity contribution in [1.29, 1.82) is 0 Å². The summed E-state index contributed by atoms with van der Waals surface area (Å²) in [5.74, 6) is -0.187. The molecule has 1 unspecified atom stereocenters. The van der Waals surface area contributed by atoms with Gasteiger partial charge >= 0.3 is 0 Å². The minimum atomic E-state index is -0.520. The van der Waals surface area contributed by atoms with Gasteiger partial charge in [-0.25, -0.2) is 4.39 Å². The van der Waals surface area contributed by atoms with E-state index in [-0.39, 0.29) is 17.0 Å². The zero-order chi connectivity index (χ0) is 13.3. The summed E-state index contributed by atoms with van der Waals surface area (Å²) >= 11 is 5.68. The third-order valence-corrected chi connectivity index (χ3v) is 3.68. The van der Waals surface area contributed by atoms with Crippen LogP contribution in [0.25, 0.3) is 0 Å². The van der Waals surface area contributed by atoms with Gasteiger partial charge in [0.25, 0.3) is 5.91 Å². The van der Waals surface area contributed by atoms with Gasteiger partial charge in [0.15, 0.2) is 0 Å². The molecule has 1 amide bonds. The van der Waals surface area contributed by atoms with E-state index in [2.05, 4.69) is 0 Å². The topological polar surface area (TPSA) is 46.3 Å². The van der Waals surface area contributed by atoms with E-state index in [0.717, 1.165) is 12.8 Å². The fourth-order valence-electron chi connectivity index (χ4n) is 2.13. The monoisotopic (exact) mass is 270 g/mol. The Bertz CT molecular complexity index is 462. The van der Waals surface area contributed by atoms with Crippen molar-refractivity contribution in [2.75, 3.05) is 13.6 Å². The van der Waals surface area contributed by atoms with Gasteiger partial charge in [0.05, 0.1) is 5.02 Å². The highest BCUT2D eigenvalue weighted by molar-refractivity contribution is 6.31. The largest absolute Gasteiger partial charge is 0.337 e. The lowest BCUT2D eigenvalue weighted by Gasteiger charge is -2.27. The molecule has 0 radical (unpaired) electrons. The summed E-state index contributed by atoms with van der Waals surface area (Å²) in [6.45, 7) is 0.446. The summed E-state index contributed by atoms with van der Waals surface area (Å²) in [6, 6.07) is 4.07. The van der Waals surface area contributed by atoms with E-state index in [1.54, 1.807) is 11.9 Å². The number of halogens is 2. The molecule has 0 spiro atoms. The van der Waals surface area contributed by atoms with E-state index in [1.807, 2.05) is 0 Å². The van der Waals surface area contributed by atoms with Gasteiger partial charge in [0, 0.05) is 25.2 Å². The van der Waals surface area contributed by atoms with Crippen LogP contribution in [-0.2, 0) is 0 Å². The van der Waals surface area contributed by atoms with Crippen molar-refractivity contribution in [3.8, 4) is 0 Å². The predicted molar refractivity (Wildman–Crippen MR) is 69.1 cm³/mol. The second kappa shape index (κ2) is 5.24.